The van der Waals surface area contributed by atoms with E-state index in [9.17, 15) is 14.0 Å². The Hall–Kier alpha value is -3.02. The number of carbonyl (C=O) groups is 2. The molecule has 5 nitrogen and oxygen atoms in total. The molecule has 2 amide bonds. The van der Waals surface area contributed by atoms with Crippen molar-refractivity contribution in [2.75, 3.05) is 0 Å². The van der Waals surface area contributed by atoms with Gasteiger partial charge in [-0.25, -0.2) is 4.39 Å². The number of hydrogen-bond donors (Lipinski definition) is 1. The first-order valence-electron chi connectivity index (χ1n) is 10.9. The number of amides is 2. The van der Waals surface area contributed by atoms with Gasteiger partial charge in [0.25, 0.3) is 5.91 Å². The van der Waals surface area contributed by atoms with Crippen LogP contribution in [0.5, 0.6) is 0 Å². The number of nitrogens with zero attached hydrogens (tertiary/aromatic N) is 2. The third-order valence-corrected chi connectivity index (χ3v) is 6.59. The molecule has 0 aromatic heterocycles. The van der Waals surface area contributed by atoms with E-state index in [0.29, 0.717) is 24.0 Å². The topological polar surface area (TPSA) is 75.8 Å². The van der Waals surface area contributed by atoms with Crippen LogP contribution in [-0.4, -0.2) is 28.1 Å². The van der Waals surface area contributed by atoms with Crippen molar-refractivity contribution in [1.82, 2.24) is 4.90 Å². The summed E-state index contributed by atoms with van der Waals surface area (Å²) >= 11 is 0. The maximum atomic E-state index is 13.7. The van der Waals surface area contributed by atoms with Crippen LogP contribution < -0.4 is 5.73 Å². The molecule has 0 radical (unpaired) electrons. The smallest absolute Gasteiger partial charge is 0.275 e. The van der Waals surface area contributed by atoms with Gasteiger partial charge in [0.2, 0.25) is 5.91 Å². The maximum Gasteiger partial charge on any atom is 0.275 e. The molecule has 2 aliphatic rings. The summed E-state index contributed by atoms with van der Waals surface area (Å²) in [4.78, 5) is 33.0. The number of nitrogens with two attached hydrogens (primary N) is 1. The van der Waals surface area contributed by atoms with Gasteiger partial charge in [-0.05, 0) is 80.5 Å². The average molecular weight is 422 g/mol. The fraction of sp³-hybridized carbons (Fsp3) is 0.400. The van der Waals surface area contributed by atoms with E-state index in [0.717, 1.165) is 36.8 Å². The van der Waals surface area contributed by atoms with Crippen LogP contribution >= 0.6 is 0 Å². The first-order chi connectivity index (χ1) is 14.8. The van der Waals surface area contributed by atoms with Crippen LogP contribution in [0.1, 0.15) is 66.8 Å². The van der Waals surface area contributed by atoms with E-state index in [1.807, 2.05) is 32.0 Å². The second-order valence-corrected chi connectivity index (χ2v) is 8.69. The largest absolute Gasteiger partial charge is 0.368 e. The van der Waals surface area contributed by atoms with Gasteiger partial charge in [-0.15, -0.1) is 0 Å². The zero-order valence-electron chi connectivity index (χ0n) is 18.0. The van der Waals surface area contributed by atoms with E-state index < -0.39 is 17.6 Å². The van der Waals surface area contributed by atoms with Crippen LogP contribution in [0, 0.1) is 19.7 Å². The van der Waals surface area contributed by atoms with Gasteiger partial charge in [0.15, 0.2) is 0 Å². The Balaban J connectivity index is 1.84. The highest BCUT2D eigenvalue weighted by atomic mass is 19.1. The summed E-state index contributed by atoms with van der Waals surface area (Å²) in [6.45, 7) is 3.98. The lowest BCUT2D eigenvalue weighted by molar-refractivity contribution is -0.140. The first-order valence-corrected chi connectivity index (χ1v) is 10.9. The van der Waals surface area contributed by atoms with Crippen molar-refractivity contribution in [2.45, 2.75) is 64.1 Å². The fourth-order valence-corrected chi connectivity index (χ4v) is 4.79. The molecule has 0 bridgehead atoms. The van der Waals surface area contributed by atoms with E-state index in [4.69, 9.17) is 10.7 Å². The number of benzene rings is 2. The van der Waals surface area contributed by atoms with Crippen molar-refractivity contribution in [1.29, 1.82) is 0 Å². The average Bonchev–Trinajstić information content (AvgIpc) is 2.88. The molecule has 162 valence electrons. The molecule has 1 aliphatic carbocycles. The van der Waals surface area contributed by atoms with Gasteiger partial charge in [0.05, 0.1) is 0 Å². The molecule has 2 N–H and O–H groups in total. The molecule has 4 rings (SSSR count). The van der Waals surface area contributed by atoms with E-state index in [-0.39, 0.29) is 17.4 Å². The molecule has 2 aromatic rings. The third kappa shape index (κ3) is 3.87. The Labute approximate surface area is 182 Å². The van der Waals surface area contributed by atoms with E-state index in [1.165, 1.54) is 12.1 Å². The molecular weight excluding hydrogens is 393 g/mol. The standard InChI is InChI=1S/C25H28FN3O2/c1-16-7-8-19(15-17(16)2)22(23(27)30)29-24(31)21(18-9-11-20(26)12-10-18)28-25(29)13-5-3-4-6-14-25/h7-12,15,22H,3-6,13-14H2,1-2H3,(H2,27,30). The molecule has 1 aliphatic heterocycles. The molecular formula is C25H28FN3O2. The van der Waals surface area contributed by atoms with Crippen LogP contribution in [0.2, 0.25) is 0 Å². The van der Waals surface area contributed by atoms with E-state index in [2.05, 4.69) is 0 Å². The van der Waals surface area contributed by atoms with Crippen molar-refractivity contribution < 1.29 is 14.0 Å². The molecule has 6 heteroatoms. The van der Waals surface area contributed by atoms with Gasteiger partial charge in [0.1, 0.15) is 23.2 Å². The Morgan fingerprint density at radius 2 is 1.68 bits per heavy atom. The summed E-state index contributed by atoms with van der Waals surface area (Å²) in [5.74, 6) is -1.27. The monoisotopic (exact) mass is 421 g/mol. The molecule has 31 heavy (non-hydrogen) atoms. The number of halogens is 1. The predicted molar refractivity (Wildman–Crippen MR) is 118 cm³/mol. The fourth-order valence-electron chi connectivity index (χ4n) is 4.79. The number of carbonyl (C=O) groups excluding carboxylic acids is 2. The summed E-state index contributed by atoms with van der Waals surface area (Å²) in [5.41, 5.74) is 8.75. The lowest BCUT2D eigenvalue weighted by atomic mass is 9.93. The Bertz CT molecular complexity index is 1040. The lowest BCUT2D eigenvalue weighted by Crippen LogP contribution is -2.52. The highest BCUT2D eigenvalue weighted by molar-refractivity contribution is 6.47. The van der Waals surface area contributed by atoms with Gasteiger partial charge in [0, 0.05) is 5.56 Å². The van der Waals surface area contributed by atoms with Crippen molar-refractivity contribution in [3.8, 4) is 0 Å². The summed E-state index contributed by atoms with van der Waals surface area (Å²) in [6, 6.07) is 10.6. The molecule has 1 saturated carbocycles. The van der Waals surface area contributed by atoms with Crippen LogP contribution in [0.25, 0.3) is 0 Å². The first kappa shape index (κ1) is 21.2. The normalized spacial score (nSPS) is 19.3. The summed E-state index contributed by atoms with van der Waals surface area (Å²) < 4.78 is 13.5. The molecule has 1 fully saturated rings. The second kappa shape index (κ2) is 8.25. The SMILES string of the molecule is Cc1ccc(C(C(N)=O)N2C(=O)C(c3ccc(F)cc3)=NC23CCCCCC3)cc1C. The number of rotatable bonds is 4. The van der Waals surface area contributed by atoms with Crippen LogP contribution in [-0.2, 0) is 9.59 Å². The van der Waals surface area contributed by atoms with Crippen molar-refractivity contribution in [2.24, 2.45) is 10.7 Å². The number of hydrogen-bond acceptors (Lipinski definition) is 3. The molecule has 2 aromatic carbocycles. The maximum absolute atomic E-state index is 13.7. The highest BCUT2D eigenvalue weighted by Gasteiger charge is 2.51. The lowest BCUT2D eigenvalue weighted by Gasteiger charge is -2.40. The Kier molecular flexibility index (Phi) is 5.65. The predicted octanol–water partition coefficient (Wildman–Crippen LogP) is 4.35. The quantitative estimate of drug-likeness (QED) is 0.797. The highest BCUT2D eigenvalue weighted by Crippen LogP contribution is 2.43. The zero-order chi connectivity index (χ0) is 22.2. The van der Waals surface area contributed by atoms with Gasteiger partial charge in [-0.2, -0.15) is 0 Å². The van der Waals surface area contributed by atoms with Gasteiger partial charge < -0.3 is 5.73 Å². The molecule has 1 spiro atoms. The summed E-state index contributed by atoms with van der Waals surface area (Å²) in [6.07, 6.45) is 5.33. The zero-order valence-corrected chi connectivity index (χ0v) is 18.0. The minimum atomic E-state index is -0.911. The minimum absolute atomic E-state index is 0.275. The van der Waals surface area contributed by atoms with Crippen LogP contribution in [0.15, 0.2) is 47.5 Å². The molecule has 1 heterocycles. The van der Waals surface area contributed by atoms with Gasteiger partial charge in [-0.1, -0.05) is 31.0 Å². The van der Waals surface area contributed by atoms with Crippen molar-refractivity contribution >= 4 is 17.5 Å². The van der Waals surface area contributed by atoms with E-state index >= 15 is 0 Å². The molecule has 1 atom stereocenters. The summed E-state index contributed by atoms with van der Waals surface area (Å²) in [7, 11) is 0. The van der Waals surface area contributed by atoms with E-state index in [1.54, 1.807) is 17.0 Å². The molecule has 0 saturated heterocycles. The second-order valence-electron chi connectivity index (χ2n) is 8.69. The Morgan fingerprint density at radius 1 is 1.03 bits per heavy atom. The number of aryl methyl sites for hydroxylation is 2. The minimum Gasteiger partial charge on any atom is -0.368 e. The van der Waals surface area contributed by atoms with Crippen molar-refractivity contribution in [3.63, 3.8) is 0 Å². The molecule has 1 unspecified atom stereocenters. The van der Waals surface area contributed by atoms with Gasteiger partial charge in [-0.3, -0.25) is 19.5 Å². The Morgan fingerprint density at radius 3 is 2.26 bits per heavy atom. The third-order valence-electron chi connectivity index (χ3n) is 6.59. The van der Waals surface area contributed by atoms with Crippen LogP contribution in [0.4, 0.5) is 4.39 Å². The summed E-state index contributed by atoms with van der Waals surface area (Å²) in [5, 5.41) is 0. The van der Waals surface area contributed by atoms with Crippen LogP contribution in [0.3, 0.4) is 0 Å². The number of primary amides is 1. The number of aliphatic imine (C=N–C) groups is 1. The van der Waals surface area contributed by atoms with Gasteiger partial charge >= 0.3 is 0 Å². The van der Waals surface area contributed by atoms with Crippen molar-refractivity contribution in [3.05, 3.63) is 70.5 Å².